The molecule has 1 saturated carbocycles. The highest BCUT2D eigenvalue weighted by molar-refractivity contribution is 5.81. The third-order valence-electron chi connectivity index (χ3n) is 3.85. The molecule has 0 radical (unpaired) electrons. The summed E-state index contributed by atoms with van der Waals surface area (Å²) in [6.45, 7) is 2.36. The number of aromatic amines is 1. The van der Waals surface area contributed by atoms with Gasteiger partial charge in [-0.2, -0.15) is 5.10 Å². The number of unbranched alkanes of at least 4 members (excludes halogenated alkanes) is 1. The van der Waals surface area contributed by atoms with Crippen LogP contribution in [0.2, 0.25) is 0 Å². The van der Waals surface area contributed by atoms with Gasteiger partial charge in [-0.05, 0) is 37.8 Å². The van der Waals surface area contributed by atoms with Crippen LogP contribution in [0.3, 0.4) is 0 Å². The van der Waals surface area contributed by atoms with E-state index >= 15 is 0 Å². The molecule has 0 bridgehead atoms. The Morgan fingerprint density at radius 2 is 2.21 bits per heavy atom. The van der Waals surface area contributed by atoms with Gasteiger partial charge >= 0.3 is 0 Å². The molecule has 1 fully saturated rings. The molecule has 0 aliphatic heterocycles. The molecular formula is C15H21N3O. The number of nitrogens with one attached hydrogen (secondary N) is 1. The van der Waals surface area contributed by atoms with E-state index < -0.39 is 0 Å². The number of rotatable bonds is 7. The summed E-state index contributed by atoms with van der Waals surface area (Å²) in [4.78, 5) is 2.55. The van der Waals surface area contributed by atoms with Crippen LogP contribution in [-0.2, 0) is 6.54 Å². The maximum Gasteiger partial charge on any atom is 0.0695 e. The van der Waals surface area contributed by atoms with Crippen LogP contribution in [-0.4, -0.2) is 39.4 Å². The minimum Gasteiger partial charge on any atom is -0.396 e. The molecule has 4 nitrogen and oxygen atoms in total. The number of benzene rings is 1. The Balaban J connectivity index is 1.72. The van der Waals surface area contributed by atoms with E-state index in [-0.39, 0.29) is 0 Å². The number of aliphatic hydroxyl groups is 1. The molecule has 3 rings (SSSR count). The van der Waals surface area contributed by atoms with Crippen molar-refractivity contribution in [2.24, 2.45) is 0 Å². The highest BCUT2D eigenvalue weighted by Crippen LogP contribution is 2.29. The van der Waals surface area contributed by atoms with E-state index in [0.717, 1.165) is 37.5 Å². The Labute approximate surface area is 113 Å². The van der Waals surface area contributed by atoms with Crippen molar-refractivity contribution >= 4 is 10.9 Å². The lowest BCUT2D eigenvalue weighted by Gasteiger charge is -2.22. The second-order valence-corrected chi connectivity index (χ2v) is 5.38. The van der Waals surface area contributed by atoms with Crippen molar-refractivity contribution in [3.63, 3.8) is 0 Å². The van der Waals surface area contributed by atoms with Gasteiger partial charge in [0, 0.05) is 24.6 Å². The molecule has 2 aromatic rings. The zero-order valence-corrected chi connectivity index (χ0v) is 11.2. The van der Waals surface area contributed by atoms with E-state index in [9.17, 15) is 0 Å². The van der Waals surface area contributed by atoms with Crippen LogP contribution >= 0.6 is 0 Å². The minimum atomic E-state index is 0.300. The van der Waals surface area contributed by atoms with E-state index in [2.05, 4.69) is 33.3 Å². The van der Waals surface area contributed by atoms with Gasteiger partial charge in [0.2, 0.25) is 0 Å². The molecule has 1 aliphatic carbocycles. The number of aromatic nitrogens is 2. The Morgan fingerprint density at radius 1 is 1.32 bits per heavy atom. The zero-order chi connectivity index (χ0) is 13.1. The van der Waals surface area contributed by atoms with Gasteiger partial charge in [-0.25, -0.2) is 0 Å². The van der Waals surface area contributed by atoms with Gasteiger partial charge in [-0.15, -0.1) is 0 Å². The summed E-state index contributed by atoms with van der Waals surface area (Å²) >= 11 is 0. The Hall–Kier alpha value is -1.39. The van der Waals surface area contributed by atoms with Crippen molar-refractivity contribution in [3.05, 3.63) is 30.0 Å². The van der Waals surface area contributed by atoms with Crippen molar-refractivity contribution < 1.29 is 5.11 Å². The molecule has 1 aliphatic rings. The highest BCUT2D eigenvalue weighted by atomic mass is 16.2. The predicted octanol–water partition coefficient (Wildman–Crippen LogP) is 2.30. The Bertz CT molecular complexity index is 533. The zero-order valence-electron chi connectivity index (χ0n) is 11.2. The maximum absolute atomic E-state index is 8.90. The quantitative estimate of drug-likeness (QED) is 0.750. The van der Waals surface area contributed by atoms with Crippen molar-refractivity contribution in [1.29, 1.82) is 0 Å². The fourth-order valence-corrected chi connectivity index (χ4v) is 2.64. The van der Waals surface area contributed by atoms with Crippen LogP contribution in [0.15, 0.2) is 24.4 Å². The van der Waals surface area contributed by atoms with Crippen LogP contribution in [0.4, 0.5) is 0 Å². The van der Waals surface area contributed by atoms with Crippen LogP contribution in [0, 0.1) is 0 Å². The Kier molecular flexibility index (Phi) is 3.80. The number of hydrogen-bond acceptors (Lipinski definition) is 3. The van der Waals surface area contributed by atoms with Gasteiger partial charge in [-0.1, -0.05) is 18.2 Å². The number of aliphatic hydroxyl groups excluding tert-OH is 1. The first kappa shape index (κ1) is 12.6. The van der Waals surface area contributed by atoms with Gasteiger partial charge in [0.1, 0.15) is 0 Å². The number of para-hydroxylation sites is 1. The summed E-state index contributed by atoms with van der Waals surface area (Å²) in [5, 5.41) is 17.3. The topological polar surface area (TPSA) is 52.1 Å². The fourth-order valence-electron chi connectivity index (χ4n) is 2.64. The largest absolute Gasteiger partial charge is 0.396 e. The average molecular weight is 259 g/mol. The molecule has 102 valence electrons. The van der Waals surface area contributed by atoms with Crippen molar-refractivity contribution in [3.8, 4) is 0 Å². The van der Waals surface area contributed by atoms with E-state index in [1.807, 2.05) is 6.20 Å². The van der Waals surface area contributed by atoms with Gasteiger partial charge in [0.05, 0.1) is 11.7 Å². The van der Waals surface area contributed by atoms with E-state index in [1.165, 1.54) is 23.8 Å². The number of nitrogens with zero attached hydrogens (tertiary/aromatic N) is 2. The average Bonchev–Trinajstić information content (AvgIpc) is 3.15. The van der Waals surface area contributed by atoms with Crippen LogP contribution in [0.25, 0.3) is 10.9 Å². The summed E-state index contributed by atoms with van der Waals surface area (Å²) in [5.41, 5.74) is 2.49. The molecule has 0 unspecified atom stereocenters. The lowest BCUT2D eigenvalue weighted by atomic mass is 10.1. The Morgan fingerprint density at radius 3 is 3.00 bits per heavy atom. The highest BCUT2D eigenvalue weighted by Gasteiger charge is 2.28. The molecule has 1 heterocycles. The van der Waals surface area contributed by atoms with E-state index in [0.29, 0.717) is 6.61 Å². The third kappa shape index (κ3) is 2.96. The van der Waals surface area contributed by atoms with Crippen molar-refractivity contribution in [2.75, 3.05) is 13.2 Å². The van der Waals surface area contributed by atoms with Crippen LogP contribution in [0.5, 0.6) is 0 Å². The number of hydrogen-bond donors (Lipinski definition) is 2. The van der Waals surface area contributed by atoms with E-state index in [1.54, 1.807) is 0 Å². The first-order valence-corrected chi connectivity index (χ1v) is 7.14. The third-order valence-corrected chi connectivity index (χ3v) is 3.85. The lowest BCUT2D eigenvalue weighted by molar-refractivity contribution is 0.229. The van der Waals surface area contributed by atoms with E-state index in [4.69, 9.17) is 5.11 Å². The SMILES string of the molecule is OCCCCN(Cc1cccc2cn[nH]c12)C1CC1. The monoisotopic (exact) mass is 259 g/mol. The molecule has 19 heavy (non-hydrogen) atoms. The number of fused-ring (bicyclic) bond motifs is 1. The van der Waals surface area contributed by atoms with Gasteiger partial charge < -0.3 is 5.11 Å². The number of H-pyrrole nitrogens is 1. The normalized spacial score (nSPS) is 15.5. The van der Waals surface area contributed by atoms with Gasteiger partial charge in [0.15, 0.2) is 0 Å². The minimum absolute atomic E-state index is 0.300. The summed E-state index contributed by atoms with van der Waals surface area (Å²) in [7, 11) is 0. The summed E-state index contributed by atoms with van der Waals surface area (Å²) < 4.78 is 0. The maximum atomic E-state index is 8.90. The second-order valence-electron chi connectivity index (χ2n) is 5.38. The second kappa shape index (κ2) is 5.72. The lowest BCUT2D eigenvalue weighted by Crippen LogP contribution is -2.27. The molecule has 2 N–H and O–H groups in total. The molecule has 0 spiro atoms. The summed E-state index contributed by atoms with van der Waals surface area (Å²) in [5.74, 6) is 0. The molecular weight excluding hydrogens is 238 g/mol. The molecule has 4 heteroatoms. The molecule has 1 aromatic heterocycles. The fraction of sp³-hybridized carbons (Fsp3) is 0.533. The predicted molar refractivity (Wildman–Crippen MR) is 75.8 cm³/mol. The van der Waals surface area contributed by atoms with Crippen LogP contribution < -0.4 is 0 Å². The van der Waals surface area contributed by atoms with Gasteiger partial charge in [-0.3, -0.25) is 10.00 Å². The first-order valence-electron chi connectivity index (χ1n) is 7.14. The molecule has 0 saturated heterocycles. The molecule has 1 aromatic carbocycles. The smallest absolute Gasteiger partial charge is 0.0695 e. The molecule has 0 amide bonds. The first-order chi connectivity index (χ1) is 9.38. The molecule has 0 atom stereocenters. The van der Waals surface area contributed by atoms with Crippen LogP contribution in [0.1, 0.15) is 31.2 Å². The summed E-state index contributed by atoms with van der Waals surface area (Å²) in [6, 6.07) is 7.13. The summed E-state index contributed by atoms with van der Waals surface area (Å²) in [6.07, 6.45) is 6.49. The van der Waals surface area contributed by atoms with Crippen molar-refractivity contribution in [1.82, 2.24) is 15.1 Å². The van der Waals surface area contributed by atoms with Gasteiger partial charge in [0.25, 0.3) is 0 Å². The standard InChI is InChI=1S/C15H21N3O/c19-9-2-1-8-18(14-6-7-14)11-13-5-3-4-12-10-16-17-15(12)13/h3-5,10,14,19H,1-2,6-9,11H2,(H,16,17). The van der Waals surface area contributed by atoms with Crippen molar-refractivity contribution in [2.45, 2.75) is 38.3 Å².